The molecular formula is C13H20N4O. The second-order valence-electron chi connectivity index (χ2n) is 5.33. The summed E-state index contributed by atoms with van der Waals surface area (Å²) in [7, 11) is 0. The monoisotopic (exact) mass is 248 g/mol. The second kappa shape index (κ2) is 4.72. The average Bonchev–Trinajstić information content (AvgIpc) is 3.21. The molecule has 2 fully saturated rings. The van der Waals surface area contributed by atoms with Crippen LogP contribution in [0.15, 0.2) is 10.9 Å². The van der Waals surface area contributed by atoms with Gasteiger partial charge in [-0.3, -0.25) is 4.79 Å². The predicted octanol–water partition coefficient (Wildman–Crippen LogP) is 0.965. The van der Waals surface area contributed by atoms with Crippen LogP contribution in [0.3, 0.4) is 0 Å². The van der Waals surface area contributed by atoms with Crippen molar-refractivity contribution in [3.63, 3.8) is 0 Å². The zero-order valence-electron chi connectivity index (χ0n) is 10.6. The van der Waals surface area contributed by atoms with E-state index >= 15 is 0 Å². The van der Waals surface area contributed by atoms with Gasteiger partial charge >= 0.3 is 0 Å². The number of aromatic amines is 1. The highest BCUT2D eigenvalue weighted by Gasteiger charge is 2.31. The Morgan fingerprint density at radius 1 is 1.39 bits per heavy atom. The van der Waals surface area contributed by atoms with Crippen molar-refractivity contribution in [3.05, 3.63) is 22.2 Å². The Labute approximate surface area is 106 Å². The molecule has 1 heterocycles. The first-order valence-corrected chi connectivity index (χ1v) is 6.86. The fourth-order valence-electron chi connectivity index (χ4n) is 2.29. The maximum absolute atomic E-state index is 11.7. The molecule has 98 valence electrons. The molecule has 0 atom stereocenters. The Hall–Kier alpha value is -1.36. The molecule has 0 bridgehead atoms. The lowest BCUT2D eigenvalue weighted by Gasteiger charge is -2.23. The van der Waals surface area contributed by atoms with E-state index in [0.29, 0.717) is 18.5 Å². The molecule has 18 heavy (non-hydrogen) atoms. The van der Waals surface area contributed by atoms with E-state index in [0.717, 1.165) is 37.4 Å². The molecular weight excluding hydrogens is 228 g/mol. The van der Waals surface area contributed by atoms with Crippen LogP contribution in [-0.4, -0.2) is 29.1 Å². The Morgan fingerprint density at radius 2 is 2.17 bits per heavy atom. The van der Waals surface area contributed by atoms with E-state index in [1.54, 1.807) is 6.07 Å². The lowest BCUT2D eigenvalue weighted by molar-refractivity contribution is 0.715. The Morgan fingerprint density at radius 3 is 2.78 bits per heavy atom. The van der Waals surface area contributed by atoms with E-state index in [1.165, 1.54) is 12.8 Å². The minimum atomic E-state index is -0.0275. The Balaban J connectivity index is 1.85. The van der Waals surface area contributed by atoms with Gasteiger partial charge in [-0.15, -0.1) is 0 Å². The van der Waals surface area contributed by atoms with Gasteiger partial charge in [-0.25, -0.2) is 4.98 Å². The van der Waals surface area contributed by atoms with Crippen molar-refractivity contribution in [1.29, 1.82) is 0 Å². The quantitative estimate of drug-likeness (QED) is 0.786. The molecule has 5 heteroatoms. The van der Waals surface area contributed by atoms with E-state index in [-0.39, 0.29) is 5.56 Å². The van der Waals surface area contributed by atoms with Crippen molar-refractivity contribution in [2.45, 2.75) is 44.1 Å². The highest BCUT2D eigenvalue weighted by Crippen LogP contribution is 2.38. The molecule has 0 unspecified atom stereocenters. The number of H-pyrrole nitrogens is 1. The first-order valence-electron chi connectivity index (χ1n) is 6.86. The Bertz CT molecular complexity index is 476. The second-order valence-corrected chi connectivity index (χ2v) is 5.33. The highest BCUT2D eigenvalue weighted by molar-refractivity contribution is 5.41. The fraction of sp³-hybridized carbons (Fsp3) is 0.692. The molecule has 5 nitrogen and oxygen atoms in total. The molecule has 0 amide bonds. The minimum absolute atomic E-state index is 0.0275. The number of nitrogens with zero attached hydrogens (tertiary/aromatic N) is 2. The SMILES string of the molecule is NCCCN(c1cc(=O)[nH]c(C2CC2)n1)C1CC1. The fourth-order valence-corrected chi connectivity index (χ4v) is 2.29. The van der Waals surface area contributed by atoms with Crippen LogP contribution in [0.2, 0.25) is 0 Å². The third-order valence-electron chi connectivity index (χ3n) is 3.60. The third-order valence-corrected chi connectivity index (χ3v) is 3.60. The standard InChI is InChI=1S/C13H20N4O/c14-6-1-7-17(10-4-5-10)11-8-12(18)16-13(15-11)9-2-3-9/h8-10H,1-7,14H2,(H,15,16,18). The van der Waals surface area contributed by atoms with Crippen LogP contribution >= 0.6 is 0 Å². The first-order chi connectivity index (χ1) is 8.78. The maximum atomic E-state index is 11.7. The molecule has 1 aromatic heterocycles. The molecule has 2 aliphatic rings. The number of anilines is 1. The maximum Gasteiger partial charge on any atom is 0.252 e. The topological polar surface area (TPSA) is 75.0 Å². The molecule has 0 aromatic carbocycles. The van der Waals surface area contributed by atoms with Crippen LogP contribution in [0.25, 0.3) is 0 Å². The summed E-state index contributed by atoms with van der Waals surface area (Å²) in [4.78, 5) is 21.5. The molecule has 0 spiro atoms. The van der Waals surface area contributed by atoms with Gasteiger partial charge in [0, 0.05) is 24.6 Å². The van der Waals surface area contributed by atoms with Gasteiger partial charge in [-0.2, -0.15) is 0 Å². The van der Waals surface area contributed by atoms with Crippen molar-refractivity contribution < 1.29 is 0 Å². The summed E-state index contributed by atoms with van der Waals surface area (Å²) in [6.45, 7) is 1.59. The van der Waals surface area contributed by atoms with Gasteiger partial charge in [0.05, 0.1) is 0 Å². The molecule has 2 aliphatic carbocycles. The predicted molar refractivity (Wildman–Crippen MR) is 70.9 cm³/mol. The van der Waals surface area contributed by atoms with Crippen LogP contribution in [0.1, 0.15) is 43.8 Å². The van der Waals surface area contributed by atoms with Crippen molar-refractivity contribution in [2.75, 3.05) is 18.0 Å². The van der Waals surface area contributed by atoms with E-state index in [1.807, 2.05) is 0 Å². The lowest BCUT2D eigenvalue weighted by Crippen LogP contribution is -2.30. The minimum Gasteiger partial charge on any atom is -0.353 e. The zero-order valence-corrected chi connectivity index (χ0v) is 10.6. The summed E-state index contributed by atoms with van der Waals surface area (Å²) in [6.07, 6.45) is 5.66. The van der Waals surface area contributed by atoms with Gasteiger partial charge in [-0.05, 0) is 38.6 Å². The van der Waals surface area contributed by atoms with Crippen LogP contribution in [0.4, 0.5) is 5.82 Å². The zero-order chi connectivity index (χ0) is 12.5. The summed E-state index contributed by atoms with van der Waals surface area (Å²) in [6, 6.07) is 2.19. The number of hydrogen-bond acceptors (Lipinski definition) is 4. The van der Waals surface area contributed by atoms with Crippen molar-refractivity contribution in [1.82, 2.24) is 9.97 Å². The number of nitrogens with two attached hydrogens (primary N) is 1. The number of hydrogen-bond donors (Lipinski definition) is 2. The van der Waals surface area contributed by atoms with Gasteiger partial charge in [0.1, 0.15) is 11.6 Å². The van der Waals surface area contributed by atoms with Gasteiger partial charge in [0.25, 0.3) is 5.56 Å². The van der Waals surface area contributed by atoms with Gasteiger partial charge < -0.3 is 15.6 Å². The highest BCUT2D eigenvalue weighted by atomic mass is 16.1. The van der Waals surface area contributed by atoms with E-state index in [2.05, 4.69) is 14.9 Å². The molecule has 0 aliphatic heterocycles. The van der Waals surface area contributed by atoms with Crippen LogP contribution in [0, 0.1) is 0 Å². The van der Waals surface area contributed by atoms with Crippen LogP contribution in [0.5, 0.6) is 0 Å². The molecule has 2 saturated carbocycles. The van der Waals surface area contributed by atoms with Crippen molar-refractivity contribution in [2.24, 2.45) is 5.73 Å². The van der Waals surface area contributed by atoms with Gasteiger partial charge in [0.15, 0.2) is 0 Å². The van der Waals surface area contributed by atoms with E-state index < -0.39 is 0 Å². The summed E-state index contributed by atoms with van der Waals surface area (Å²) in [5.41, 5.74) is 5.55. The number of rotatable bonds is 6. The first kappa shape index (κ1) is 11.7. The molecule has 1 aromatic rings. The molecule has 3 N–H and O–H groups in total. The number of aromatic nitrogens is 2. The lowest BCUT2D eigenvalue weighted by atomic mass is 10.3. The molecule has 3 rings (SSSR count). The summed E-state index contributed by atoms with van der Waals surface area (Å²) < 4.78 is 0. The number of nitrogens with one attached hydrogen (secondary N) is 1. The van der Waals surface area contributed by atoms with Gasteiger partial charge in [-0.1, -0.05) is 0 Å². The Kier molecular flexibility index (Phi) is 3.07. The van der Waals surface area contributed by atoms with Crippen molar-refractivity contribution in [3.8, 4) is 0 Å². The van der Waals surface area contributed by atoms with Crippen LogP contribution < -0.4 is 16.2 Å². The van der Waals surface area contributed by atoms with Crippen molar-refractivity contribution >= 4 is 5.82 Å². The average molecular weight is 248 g/mol. The van der Waals surface area contributed by atoms with E-state index in [9.17, 15) is 4.79 Å². The normalized spacial score (nSPS) is 18.9. The van der Waals surface area contributed by atoms with E-state index in [4.69, 9.17) is 5.73 Å². The summed E-state index contributed by atoms with van der Waals surface area (Å²) in [5.74, 6) is 2.20. The van der Waals surface area contributed by atoms with Gasteiger partial charge in [0.2, 0.25) is 0 Å². The largest absolute Gasteiger partial charge is 0.353 e. The smallest absolute Gasteiger partial charge is 0.252 e. The van der Waals surface area contributed by atoms with Crippen LogP contribution in [-0.2, 0) is 0 Å². The molecule has 0 saturated heterocycles. The molecule has 0 radical (unpaired) electrons. The summed E-state index contributed by atoms with van der Waals surface area (Å²) >= 11 is 0. The summed E-state index contributed by atoms with van der Waals surface area (Å²) in [5, 5.41) is 0. The third kappa shape index (κ3) is 2.56.